The second kappa shape index (κ2) is 15.0. The van der Waals surface area contributed by atoms with Crippen molar-refractivity contribution < 1.29 is 0 Å². The van der Waals surface area contributed by atoms with Crippen molar-refractivity contribution in [1.82, 2.24) is 0 Å². The molecule has 0 N–H and O–H groups in total. The van der Waals surface area contributed by atoms with E-state index in [1.54, 1.807) is 0 Å². The van der Waals surface area contributed by atoms with E-state index >= 15 is 0 Å². The van der Waals surface area contributed by atoms with E-state index in [9.17, 15) is 0 Å². The summed E-state index contributed by atoms with van der Waals surface area (Å²) in [7, 11) is 0. The molecule has 0 amide bonds. The molecule has 7 rings (SSSR count). The second-order valence-corrected chi connectivity index (χ2v) is 14.1. The first kappa shape index (κ1) is 34.4. The molecule has 0 aromatic heterocycles. The number of rotatable bonds is 9. The second-order valence-electron chi connectivity index (χ2n) is 14.1. The Kier molecular flexibility index (Phi) is 9.95. The molecular formula is C49H47N3. The van der Waals surface area contributed by atoms with E-state index in [1.807, 2.05) is 0 Å². The summed E-state index contributed by atoms with van der Waals surface area (Å²) >= 11 is 0. The SMILES string of the molecule is CC1=CC=C(N(c2ccc(C)cc2)c2cc(N(c3ccc(C)cc3)c3ccc(C)cc3)cc(N(c3ccc(C)cc3)c3ccc(C)cc3)c2)C=CC1. The van der Waals surface area contributed by atoms with Crippen LogP contribution < -0.4 is 14.7 Å². The van der Waals surface area contributed by atoms with Crippen molar-refractivity contribution >= 4 is 45.5 Å². The summed E-state index contributed by atoms with van der Waals surface area (Å²) in [6.07, 6.45) is 9.95. The monoisotopic (exact) mass is 677 g/mol. The number of aryl methyl sites for hydroxylation is 5. The van der Waals surface area contributed by atoms with Crippen LogP contribution in [0, 0.1) is 34.6 Å². The predicted molar refractivity (Wildman–Crippen MR) is 224 cm³/mol. The van der Waals surface area contributed by atoms with Crippen LogP contribution >= 0.6 is 0 Å². The summed E-state index contributed by atoms with van der Waals surface area (Å²) in [5.74, 6) is 0. The number of hydrogen-bond donors (Lipinski definition) is 0. The molecule has 52 heavy (non-hydrogen) atoms. The summed E-state index contributed by atoms with van der Waals surface area (Å²) in [6, 6.07) is 51.2. The first-order valence-electron chi connectivity index (χ1n) is 18.1. The van der Waals surface area contributed by atoms with Crippen LogP contribution in [0.25, 0.3) is 0 Å². The molecule has 0 spiro atoms. The van der Waals surface area contributed by atoms with Crippen LogP contribution in [0.4, 0.5) is 45.5 Å². The van der Waals surface area contributed by atoms with Crippen molar-refractivity contribution in [3.05, 3.63) is 203 Å². The molecule has 0 aliphatic heterocycles. The number of nitrogens with zero attached hydrogens (tertiary/aromatic N) is 3. The zero-order valence-corrected chi connectivity index (χ0v) is 31.1. The largest absolute Gasteiger partial charge is 0.310 e. The van der Waals surface area contributed by atoms with Gasteiger partial charge in [0.2, 0.25) is 0 Å². The minimum atomic E-state index is 0.927. The van der Waals surface area contributed by atoms with E-state index in [1.165, 1.54) is 33.4 Å². The van der Waals surface area contributed by atoms with Crippen molar-refractivity contribution in [2.45, 2.75) is 48.0 Å². The van der Waals surface area contributed by atoms with E-state index in [-0.39, 0.29) is 0 Å². The lowest BCUT2D eigenvalue weighted by Crippen LogP contribution is -2.18. The quantitative estimate of drug-likeness (QED) is 0.151. The minimum Gasteiger partial charge on any atom is -0.310 e. The molecule has 1 aliphatic carbocycles. The summed E-state index contributed by atoms with van der Waals surface area (Å²) in [5, 5.41) is 0. The molecular weight excluding hydrogens is 631 g/mol. The van der Waals surface area contributed by atoms with E-state index in [0.717, 1.165) is 57.6 Å². The fourth-order valence-corrected chi connectivity index (χ4v) is 6.64. The Labute approximate surface area is 310 Å². The van der Waals surface area contributed by atoms with Gasteiger partial charge in [-0.05, 0) is 139 Å². The fourth-order valence-electron chi connectivity index (χ4n) is 6.64. The fraction of sp³-hybridized carbons (Fsp3) is 0.143. The molecule has 3 nitrogen and oxygen atoms in total. The molecule has 0 radical (unpaired) electrons. The molecule has 6 aromatic carbocycles. The Morgan fingerprint density at radius 1 is 0.327 bits per heavy atom. The molecule has 0 atom stereocenters. The highest BCUT2D eigenvalue weighted by atomic mass is 15.2. The summed E-state index contributed by atoms with van der Waals surface area (Å²) in [5.41, 5.74) is 17.3. The summed E-state index contributed by atoms with van der Waals surface area (Å²) in [4.78, 5) is 7.15. The van der Waals surface area contributed by atoms with Gasteiger partial charge in [0.1, 0.15) is 0 Å². The Hall–Kier alpha value is -6.06. The van der Waals surface area contributed by atoms with Gasteiger partial charge in [-0.2, -0.15) is 0 Å². The molecule has 0 heterocycles. The highest BCUT2D eigenvalue weighted by molar-refractivity contribution is 5.88. The Bertz CT molecular complexity index is 2030. The van der Waals surface area contributed by atoms with Gasteiger partial charge in [0.25, 0.3) is 0 Å². The van der Waals surface area contributed by atoms with Gasteiger partial charge in [0.05, 0.1) is 17.1 Å². The Balaban J connectivity index is 1.54. The average Bonchev–Trinajstić information content (AvgIpc) is 3.36. The maximum Gasteiger partial charge on any atom is 0.0503 e. The van der Waals surface area contributed by atoms with Crippen LogP contribution in [-0.4, -0.2) is 0 Å². The number of anilines is 8. The first-order chi connectivity index (χ1) is 25.2. The van der Waals surface area contributed by atoms with Gasteiger partial charge in [-0.3, -0.25) is 0 Å². The number of hydrogen-bond acceptors (Lipinski definition) is 3. The highest BCUT2D eigenvalue weighted by Crippen LogP contribution is 2.45. The smallest absolute Gasteiger partial charge is 0.0503 e. The molecule has 3 heteroatoms. The minimum absolute atomic E-state index is 0.927. The molecule has 6 aromatic rings. The lowest BCUT2D eigenvalue weighted by atomic mass is 10.1. The van der Waals surface area contributed by atoms with E-state index in [2.05, 4.69) is 220 Å². The van der Waals surface area contributed by atoms with Crippen molar-refractivity contribution in [1.29, 1.82) is 0 Å². The van der Waals surface area contributed by atoms with E-state index in [4.69, 9.17) is 0 Å². The molecule has 0 bridgehead atoms. The van der Waals surface area contributed by atoms with Crippen LogP contribution in [0.1, 0.15) is 41.2 Å². The Morgan fingerprint density at radius 3 is 0.942 bits per heavy atom. The third kappa shape index (κ3) is 7.65. The van der Waals surface area contributed by atoms with Gasteiger partial charge >= 0.3 is 0 Å². The van der Waals surface area contributed by atoms with Crippen LogP contribution in [0.5, 0.6) is 0 Å². The highest BCUT2D eigenvalue weighted by Gasteiger charge is 2.23. The topological polar surface area (TPSA) is 9.72 Å². The number of allylic oxidation sites excluding steroid dienone is 5. The average molecular weight is 678 g/mol. The predicted octanol–water partition coefficient (Wildman–Crippen LogP) is 14.1. The lowest BCUT2D eigenvalue weighted by Gasteiger charge is -2.33. The zero-order chi connectivity index (χ0) is 36.2. The Morgan fingerprint density at radius 2 is 0.615 bits per heavy atom. The van der Waals surface area contributed by atoms with Gasteiger partial charge in [-0.15, -0.1) is 0 Å². The van der Waals surface area contributed by atoms with Crippen LogP contribution in [-0.2, 0) is 0 Å². The van der Waals surface area contributed by atoms with Crippen LogP contribution in [0.15, 0.2) is 175 Å². The van der Waals surface area contributed by atoms with E-state index < -0.39 is 0 Å². The molecule has 0 saturated heterocycles. The molecule has 0 fully saturated rings. The van der Waals surface area contributed by atoms with Crippen molar-refractivity contribution in [2.24, 2.45) is 0 Å². The van der Waals surface area contributed by atoms with Crippen molar-refractivity contribution in [3.63, 3.8) is 0 Å². The number of benzene rings is 6. The van der Waals surface area contributed by atoms with Crippen molar-refractivity contribution in [3.8, 4) is 0 Å². The van der Waals surface area contributed by atoms with Gasteiger partial charge in [-0.25, -0.2) is 0 Å². The summed E-state index contributed by atoms with van der Waals surface area (Å²) < 4.78 is 0. The summed E-state index contributed by atoms with van der Waals surface area (Å²) in [6.45, 7) is 12.9. The van der Waals surface area contributed by atoms with Gasteiger partial charge in [0.15, 0.2) is 0 Å². The van der Waals surface area contributed by atoms with Gasteiger partial charge in [-0.1, -0.05) is 106 Å². The maximum absolute atomic E-state index is 2.39. The zero-order valence-electron chi connectivity index (χ0n) is 31.1. The molecule has 0 saturated carbocycles. The molecule has 0 unspecified atom stereocenters. The molecule has 258 valence electrons. The lowest BCUT2D eigenvalue weighted by molar-refractivity contribution is 1.18. The normalized spacial score (nSPS) is 12.5. The standard InChI is InChI=1S/C49H47N3/c1-35-8-7-9-41(21-10-35)50(42-22-11-36(2)12-23-42)47-32-48(51(43-24-13-37(3)14-25-43)44-26-15-38(4)16-27-44)34-49(33-47)52(45-28-17-39(5)18-29-45)46-30-19-40(6)20-31-46/h7,9-34H,8H2,1-6H3. The molecule has 1 aliphatic rings. The van der Waals surface area contributed by atoms with Crippen molar-refractivity contribution in [2.75, 3.05) is 14.7 Å². The van der Waals surface area contributed by atoms with Crippen LogP contribution in [0.2, 0.25) is 0 Å². The third-order valence-electron chi connectivity index (χ3n) is 9.65. The van der Waals surface area contributed by atoms with Gasteiger partial charge in [0, 0.05) is 34.1 Å². The maximum atomic E-state index is 2.39. The van der Waals surface area contributed by atoms with Crippen LogP contribution in [0.3, 0.4) is 0 Å². The van der Waals surface area contributed by atoms with E-state index in [0.29, 0.717) is 0 Å². The first-order valence-corrected chi connectivity index (χ1v) is 18.1. The van der Waals surface area contributed by atoms with Gasteiger partial charge < -0.3 is 14.7 Å². The third-order valence-corrected chi connectivity index (χ3v) is 9.65.